The molecule has 1 fully saturated rings. The summed E-state index contributed by atoms with van der Waals surface area (Å²) in [7, 11) is 0. The van der Waals surface area contributed by atoms with E-state index in [1.165, 1.54) is 0 Å². The van der Waals surface area contributed by atoms with Gasteiger partial charge in [-0.15, -0.1) is 0 Å². The van der Waals surface area contributed by atoms with Gasteiger partial charge in [-0.2, -0.15) is 5.26 Å². The standard InChI is InChI=1S/C15H17N3O2S/c1-11-3-2-8-18(9-11)15(20)14(19)17-12-4-6-13(7-5-12)21-10-16/h4-7,11H,2-3,8-9H2,1H3,(H,17,19). The third kappa shape index (κ3) is 4.23. The molecule has 1 saturated heterocycles. The molecule has 1 N–H and O–H groups in total. The second-order valence-electron chi connectivity index (χ2n) is 5.17. The molecule has 0 spiro atoms. The molecule has 0 radical (unpaired) electrons. The van der Waals surface area contributed by atoms with E-state index in [4.69, 9.17) is 5.26 Å². The lowest BCUT2D eigenvalue weighted by Gasteiger charge is -2.30. The van der Waals surface area contributed by atoms with E-state index in [0.717, 1.165) is 29.5 Å². The molecule has 0 aliphatic carbocycles. The van der Waals surface area contributed by atoms with E-state index < -0.39 is 11.8 Å². The zero-order valence-electron chi connectivity index (χ0n) is 11.8. The molecule has 1 aliphatic rings. The summed E-state index contributed by atoms with van der Waals surface area (Å²) in [5.74, 6) is -0.639. The Balaban J connectivity index is 1.94. The van der Waals surface area contributed by atoms with Crippen molar-refractivity contribution >= 4 is 29.3 Å². The Bertz CT molecular complexity index is 565. The first-order valence-corrected chi connectivity index (χ1v) is 7.68. The molecule has 110 valence electrons. The molecule has 21 heavy (non-hydrogen) atoms. The SMILES string of the molecule is CC1CCCN(C(=O)C(=O)Nc2ccc(SC#N)cc2)C1. The highest BCUT2D eigenvalue weighted by atomic mass is 32.2. The minimum Gasteiger partial charge on any atom is -0.334 e. The molecule has 1 aromatic carbocycles. The normalized spacial score (nSPS) is 17.9. The van der Waals surface area contributed by atoms with E-state index in [1.807, 2.05) is 5.40 Å². The van der Waals surface area contributed by atoms with Gasteiger partial charge >= 0.3 is 11.8 Å². The van der Waals surface area contributed by atoms with Gasteiger partial charge in [-0.05, 0) is 54.8 Å². The average molecular weight is 303 g/mol. The first-order chi connectivity index (χ1) is 10.1. The van der Waals surface area contributed by atoms with Crippen LogP contribution in [0.2, 0.25) is 0 Å². The highest BCUT2D eigenvalue weighted by Crippen LogP contribution is 2.19. The molecule has 0 aromatic heterocycles. The number of benzene rings is 1. The van der Waals surface area contributed by atoms with Gasteiger partial charge in [0.15, 0.2) is 0 Å². The first-order valence-electron chi connectivity index (χ1n) is 6.86. The number of hydrogen-bond donors (Lipinski definition) is 1. The van der Waals surface area contributed by atoms with E-state index in [9.17, 15) is 9.59 Å². The number of rotatable bonds is 2. The molecule has 2 amide bonds. The number of nitriles is 1. The van der Waals surface area contributed by atoms with Gasteiger partial charge in [0.1, 0.15) is 5.40 Å². The second-order valence-corrected chi connectivity index (χ2v) is 6.03. The van der Waals surface area contributed by atoms with E-state index in [-0.39, 0.29) is 0 Å². The van der Waals surface area contributed by atoms with Crippen LogP contribution < -0.4 is 5.32 Å². The van der Waals surface area contributed by atoms with Crippen molar-refractivity contribution in [3.05, 3.63) is 24.3 Å². The Morgan fingerprint density at radius 3 is 2.71 bits per heavy atom. The number of nitrogens with one attached hydrogen (secondary N) is 1. The molecule has 1 atom stereocenters. The van der Waals surface area contributed by atoms with Crippen LogP contribution in [-0.2, 0) is 9.59 Å². The minimum absolute atomic E-state index is 0.442. The number of likely N-dealkylation sites (tertiary alicyclic amines) is 1. The minimum atomic E-state index is -0.607. The maximum atomic E-state index is 12.1. The van der Waals surface area contributed by atoms with Gasteiger partial charge in [-0.25, -0.2) is 0 Å². The number of thiocyanates is 1. The Hall–Kier alpha value is -2.00. The van der Waals surface area contributed by atoms with Crippen molar-refractivity contribution in [3.63, 3.8) is 0 Å². The lowest BCUT2D eigenvalue weighted by atomic mass is 10.0. The number of carbonyl (C=O) groups is 2. The van der Waals surface area contributed by atoms with Crippen LogP contribution in [0.15, 0.2) is 29.2 Å². The summed E-state index contributed by atoms with van der Waals surface area (Å²) < 4.78 is 0. The molecule has 6 heteroatoms. The van der Waals surface area contributed by atoms with Gasteiger partial charge in [0.2, 0.25) is 0 Å². The number of piperidine rings is 1. The molecule has 2 rings (SSSR count). The largest absolute Gasteiger partial charge is 0.334 e. The molecular weight excluding hydrogens is 286 g/mol. The summed E-state index contributed by atoms with van der Waals surface area (Å²) in [6.45, 7) is 3.38. The van der Waals surface area contributed by atoms with Crippen LogP contribution in [0.3, 0.4) is 0 Å². The zero-order chi connectivity index (χ0) is 15.2. The van der Waals surface area contributed by atoms with Crippen LogP contribution in [0.4, 0.5) is 5.69 Å². The van der Waals surface area contributed by atoms with Crippen LogP contribution in [0.25, 0.3) is 0 Å². The van der Waals surface area contributed by atoms with E-state index in [2.05, 4.69) is 12.2 Å². The maximum absolute atomic E-state index is 12.1. The van der Waals surface area contributed by atoms with Crippen molar-refractivity contribution < 1.29 is 9.59 Å². The predicted molar refractivity (Wildman–Crippen MR) is 81.5 cm³/mol. The fourth-order valence-corrected chi connectivity index (χ4v) is 2.74. The fraction of sp³-hybridized carbons (Fsp3) is 0.400. The smallest absolute Gasteiger partial charge is 0.313 e. The van der Waals surface area contributed by atoms with Crippen LogP contribution in [0.5, 0.6) is 0 Å². The van der Waals surface area contributed by atoms with E-state index in [1.54, 1.807) is 29.2 Å². The van der Waals surface area contributed by atoms with Crippen LogP contribution in [-0.4, -0.2) is 29.8 Å². The Kier molecular flexibility index (Phi) is 5.23. The van der Waals surface area contributed by atoms with E-state index in [0.29, 0.717) is 24.7 Å². The molecular formula is C15H17N3O2S. The number of thioether (sulfide) groups is 1. The summed E-state index contributed by atoms with van der Waals surface area (Å²) in [4.78, 5) is 26.5. The van der Waals surface area contributed by atoms with Gasteiger partial charge in [-0.1, -0.05) is 6.92 Å². The number of hydrogen-bond acceptors (Lipinski definition) is 4. The third-order valence-corrected chi connectivity index (χ3v) is 4.01. The topological polar surface area (TPSA) is 73.2 Å². The molecule has 0 saturated carbocycles. The Morgan fingerprint density at radius 1 is 1.38 bits per heavy atom. The summed E-state index contributed by atoms with van der Waals surface area (Å²) in [5.41, 5.74) is 0.556. The Morgan fingerprint density at radius 2 is 2.10 bits per heavy atom. The lowest BCUT2D eigenvalue weighted by molar-refractivity contribution is -0.144. The molecule has 1 aromatic rings. The maximum Gasteiger partial charge on any atom is 0.313 e. The van der Waals surface area contributed by atoms with Crippen LogP contribution >= 0.6 is 11.8 Å². The van der Waals surface area contributed by atoms with Crippen molar-refractivity contribution in [2.75, 3.05) is 18.4 Å². The zero-order valence-corrected chi connectivity index (χ0v) is 12.7. The molecule has 1 unspecified atom stereocenters. The monoisotopic (exact) mass is 303 g/mol. The molecule has 0 bridgehead atoms. The van der Waals surface area contributed by atoms with Crippen molar-refractivity contribution in [3.8, 4) is 5.40 Å². The number of nitrogens with zero attached hydrogens (tertiary/aromatic N) is 2. The van der Waals surface area contributed by atoms with Crippen molar-refractivity contribution in [1.82, 2.24) is 4.90 Å². The highest BCUT2D eigenvalue weighted by Gasteiger charge is 2.25. The number of amides is 2. The summed E-state index contributed by atoms with van der Waals surface area (Å²) >= 11 is 1.05. The van der Waals surface area contributed by atoms with Crippen molar-refractivity contribution in [2.24, 2.45) is 5.92 Å². The predicted octanol–water partition coefficient (Wildman–Crippen LogP) is 2.46. The van der Waals surface area contributed by atoms with Gasteiger partial charge in [0, 0.05) is 23.7 Å². The average Bonchev–Trinajstić information content (AvgIpc) is 2.48. The van der Waals surface area contributed by atoms with Crippen molar-refractivity contribution in [2.45, 2.75) is 24.7 Å². The lowest BCUT2D eigenvalue weighted by Crippen LogP contribution is -2.44. The fourth-order valence-electron chi connectivity index (χ4n) is 2.36. The number of carbonyl (C=O) groups excluding carboxylic acids is 2. The first kappa shape index (κ1) is 15.4. The molecule has 5 nitrogen and oxygen atoms in total. The summed E-state index contributed by atoms with van der Waals surface area (Å²) in [6, 6.07) is 6.83. The quantitative estimate of drug-likeness (QED) is 0.517. The summed E-state index contributed by atoms with van der Waals surface area (Å²) in [5, 5.41) is 13.1. The third-order valence-electron chi connectivity index (χ3n) is 3.41. The second kappa shape index (κ2) is 7.14. The summed E-state index contributed by atoms with van der Waals surface area (Å²) in [6.07, 6.45) is 2.05. The highest BCUT2D eigenvalue weighted by molar-refractivity contribution is 8.03. The van der Waals surface area contributed by atoms with E-state index >= 15 is 0 Å². The Labute approximate surface area is 128 Å². The van der Waals surface area contributed by atoms with Crippen LogP contribution in [0.1, 0.15) is 19.8 Å². The van der Waals surface area contributed by atoms with Crippen molar-refractivity contribution in [1.29, 1.82) is 5.26 Å². The van der Waals surface area contributed by atoms with Gasteiger partial charge in [0.05, 0.1) is 0 Å². The molecule has 1 aliphatic heterocycles. The molecule has 1 heterocycles. The van der Waals surface area contributed by atoms with Crippen LogP contribution in [0, 0.1) is 16.6 Å². The van der Waals surface area contributed by atoms with Gasteiger partial charge in [-0.3, -0.25) is 9.59 Å². The van der Waals surface area contributed by atoms with Gasteiger partial charge < -0.3 is 10.2 Å². The number of anilines is 1. The van der Waals surface area contributed by atoms with Gasteiger partial charge in [0.25, 0.3) is 0 Å².